The molecule has 1 atom stereocenters. The number of aryl methyl sites for hydroxylation is 1. The summed E-state index contributed by atoms with van der Waals surface area (Å²) in [6.07, 6.45) is -0.929. The molecule has 2 aromatic carbocycles. The Balaban J connectivity index is 1.72. The zero-order chi connectivity index (χ0) is 27.0. The lowest BCUT2D eigenvalue weighted by atomic mass is 9.98. The van der Waals surface area contributed by atoms with Gasteiger partial charge in [0.25, 0.3) is 11.8 Å². The van der Waals surface area contributed by atoms with E-state index in [4.69, 9.17) is 4.74 Å². The molecule has 0 fully saturated rings. The second-order valence-corrected chi connectivity index (χ2v) is 8.32. The highest BCUT2D eigenvalue weighted by atomic mass is 19.3. The smallest absolute Gasteiger partial charge is 0.340 e. The van der Waals surface area contributed by atoms with Crippen LogP contribution in [0.3, 0.4) is 0 Å². The Hall–Kier alpha value is -3.81. The Labute approximate surface area is 206 Å². The van der Waals surface area contributed by atoms with Gasteiger partial charge in [-0.05, 0) is 30.7 Å². The van der Waals surface area contributed by atoms with Crippen LogP contribution in [0.4, 0.5) is 32.0 Å². The molecule has 1 aliphatic heterocycles. The number of anilines is 1. The van der Waals surface area contributed by atoms with Crippen LogP contribution in [0.25, 0.3) is 0 Å². The van der Waals surface area contributed by atoms with Crippen LogP contribution >= 0.6 is 0 Å². The third-order valence-electron chi connectivity index (χ3n) is 5.93. The largest absolute Gasteiger partial charge is 0.487 e. The second-order valence-electron chi connectivity index (χ2n) is 8.32. The van der Waals surface area contributed by atoms with Crippen LogP contribution < -0.4 is 9.64 Å². The molecule has 1 amide bonds. The van der Waals surface area contributed by atoms with Gasteiger partial charge in [-0.15, -0.1) is 0 Å². The number of rotatable bonds is 9. The monoisotopic (exact) mass is 529 g/mol. The summed E-state index contributed by atoms with van der Waals surface area (Å²) in [5.74, 6) is -9.99. The summed E-state index contributed by atoms with van der Waals surface area (Å²) in [7, 11) is 1.30. The number of nitrogens with zero attached hydrogens (tertiary/aromatic N) is 5. The van der Waals surface area contributed by atoms with Gasteiger partial charge in [0.1, 0.15) is 30.0 Å². The summed E-state index contributed by atoms with van der Waals surface area (Å²) in [4.78, 5) is 19.4. The number of fused-ring (bicyclic) bond motifs is 1. The Morgan fingerprint density at radius 2 is 1.89 bits per heavy atom. The minimum absolute atomic E-state index is 0.00317. The first-order valence-corrected chi connectivity index (χ1v) is 10.9. The third-order valence-corrected chi connectivity index (χ3v) is 5.93. The van der Waals surface area contributed by atoms with E-state index in [-0.39, 0.29) is 30.0 Å². The minimum atomic E-state index is -4.42. The first kappa shape index (κ1) is 26.3. The summed E-state index contributed by atoms with van der Waals surface area (Å²) in [5.41, 5.74) is -0.503. The zero-order valence-corrected chi connectivity index (χ0v) is 19.3. The number of aliphatic hydroxyl groups is 1. The molecular formula is C23H21F6N5O3. The molecule has 1 unspecified atom stereocenters. The Morgan fingerprint density at radius 3 is 2.54 bits per heavy atom. The molecule has 198 valence electrons. The number of aromatic nitrogens is 3. The number of alkyl halides is 4. The van der Waals surface area contributed by atoms with E-state index in [2.05, 4.69) is 10.1 Å². The summed E-state index contributed by atoms with van der Waals surface area (Å²) < 4.78 is 86.5. The fourth-order valence-corrected chi connectivity index (χ4v) is 4.02. The second kappa shape index (κ2) is 9.92. The molecule has 4 rings (SSSR count). The zero-order valence-electron chi connectivity index (χ0n) is 19.3. The summed E-state index contributed by atoms with van der Waals surface area (Å²) in [6.45, 7) is -1.44. The van der Waals surface area contributed by atoms with Crippen molar-refractivity contribution in [3.63, 3.8) is 0 Å². The van der Waals surface area contributed by atoms with Crippen molar-refractivity contribution < 1.29 is 41.0 Å². The predicted octanol–water partition coefficient (Wildman–Crippen LogP) is 3.62. The topological polar surface area (TPSA) is 83.7 Å². The van der Waals surface area contributed by atoms with Gasteiger partial charge >= 0.3 is 12.3 Å². The SMILES string of the molecule is CN1c2cc(OCC(F)(F)C(F)F)ccc2C(=O)N(CCCn2cncn2)C1(O)c1ccc(F)cc1F. The maximum Gasteiger partial charge on any atom is 0.340 e. The van der Waals surface area contributed by atoms with E-state index in [0.717, 1.165) is 34.1 Å². The van der Waals surface area contributed by atoms with Crippen molar-refractivity contribution >= 4 is 11.6 Å². The highest BCUT2D eigenvalue weighted by Crippen LogP contribution is 2.43. The van der Waals surface area contributed by atoms with Gasteiger partial charge in [0, 0.05) is 32.3 Å². The number of amides is 1. The van der Waals surface area contributed by atoms with Gasteiger partial charge in [0.15, 0.2) is 6.61 Å². The van der Waals surface area contributed by atoms with Crippen LogP contribution in [0.2, 0.25) is 0 Å². The molecule has 1 N–H and O–H groups in total. The fraction of sp³-hybridized carbons (Fsp3) is 0.348. The summed E-state index contributed by atoms with van der Waals surface area (Å²) in [5, 5.41) is 15.8. The molecule has 2 heterocycles. The molecule has 0 radical (unpaired) electrons. The van der Waals surface area contributed by atoms with Gasteiger partial charge < -0.3 is 14.7 Å². The molecule has 8 nitrogen and oxygen atoms in total. The summed E-state index contributed by atoms with van der Waals surface area (Å²) in [6, 6.07) is 5.88. The van der Waals surface area contributed by atoms with Crippen molar-refractivity contribution in [1.29, 1.82) is 0 Å². The first-order chi connectivity index (χ1) is 17.4. The predicted molar refractivity (Wildman–Crippen MR) is 117 cm³/mol. The van der Waals surface area contributed by atoms with E-state index in [1.54, 1.807) is 0 Å². The van der Waals surface area contributed by atoms with Crippen molar-refractivity contribution in [1.82, 2.24) is 19.7 Å². The van der Waals surface area contributed by atoms with Crippen LogP contribution in [-0.4, -0.2) is 63.2 Å². The molecule has 0 spiro atoms. The molecular weight excluding hydrogens is 508 g/mol. The van der Waals surface area contributed by atoms with Crippen LogP contribution in [-0.2, 0) is 12.4 Å². The first-order valence-electron chi connectivity index (χ1n) is 10.9. The Kier molecular flexibility index (Phi) is 7.04. The van der Waals surface area contributed by atoms with Gasteiger partial charge in [-0.1, -0.05) is 0 Å². The van der Waals surface area contributed by atoms with E-state index >= 15 is 0 Å². The lowest BCUT2D eigenvalue weighted by Crippen LogP contribution is -2.63. The molecule has 1 aromatic heterocycles. The maximum atomic E-state index is 14.9. The van der Waals surface area contributed by atoms with Crippen molar-refractivity contribution in [2.45, 2.75) is 31.2 Å². The molecule has 1 aliphatic rings. The maximum absolute atomic E-state index is 14.9. The average molecular weight is 529 g/mol. The molecule has 0 saturated heterocycles. The number of benzene rings is 2. The van der Waals surface area contributed by atoms with E-state index in [0.29, 0.717) is 12.6 Å². The van der Waals surface area contributed by atoms with Crippen LogP contribution in [0, 0.1) is 11.6 Å². The van der Waals surface area contributed by atoms with Crippen molar-refractivity contribution in [2.75, 3.05) is 25.1 Å². The van der Waals surface area contributed by atoms with Crippen LogP contribution in [0.15, 0.2) is 49.1 Å². The molecule has 3 aromatic rings. The molecule has 0 aliphatic carbocycles. The number of halogens is 6. The highest BCUT2D eigenvalue weighted by molar-refractivity contribution is 6.02. The lowest BCUT2D eigenvalue weighted by Gasteiger charge is -2.50. The van der Waals surface area contributed by atoms with E-state index in [1.807, 2.05) is 0 Å². The molecule has 0 saturated carbocycles. The van der Waals surface area contributed by atoms with Gasteiger partial charge in [0.05, 0.1) is 16.8 Å². The average Bonchev–Trinajstić information content (AvgIpc) is 3.37. The van der Waals surface area contributed by atoms with E-state index in [9.17, 15) is 36.2 Å². The third kappa shape index (κ3) is 4.92. The number of hydrogen-bond donors (Lipinski definition) is 1. The number of hydrogen-bond acceptors (Lipinski definition) is 6. The normalized spacial score (nSPS) is 17.9. The van der Waals surface area contributed by atoms with Crippen LogP contribution in [0.1, 0.15) is 22.3 Å². The Morgan fingerprint density at radius 1 is 1.14 bits per heavy atom. The number of carbonyl (C=O) groups excluding carboxylic acids is 1. The van der Waals surface area contributed by atoms with Crippen molar-refractivity contribution in [3.8, 4) is 5.75 Å². The standard InChI is InChI=1S/C23H21F6N5O3/c1-32-19-10-15(37-11-22(28,29)21(26)27)4-5-16(19)20(35)34(8-2-7-33-13-30-12-31-33)23(32,36)17-6-3-14(24)9-18(17)25/h3-6,9-10,12-13,21,36H,2,7-8,11H2,1H3. The van der Waals surface area contributed by atoms with Gasteiger partial charge in [-0.3, -0.25) is 14.4 Å². The van der Waals surface area contributed by atoms with Crippen molar-refractivity contribution in [2.24, 2.45) is 0 Å². The van der Waals surface area contributed by atoms with Gasteiger partial charge in [0.2, 0.25) is 0 Å². The minimum Gasteiger partial charge on any atom is -0.487 e. The Bertz CT molecular complexity index is 1280. The highest BCUT2D eigenvalue weighted by Gasteiger charge is 2.50. The van der Waals surface area contributed by atoms with Crippen molar-refractivity contribution in [3.05, 3.63) is 71.8 Å². The van der Waals surface area contributed by atoms with Gasteiger partial charge in [-0.2, -0.15) is 13.9 Å². The van der Waals surface area contributed by atoms with Crippen LogP contribution in [0.5, 0.6) is 5.75 Å². The fourth-order valence-electron chi connectivity index (χ4n) is 4.02. The van der Waals surface area contributed by atoms with Gasteiger partial charge in [-0.25, -0.2) is 22.5 Å². The molecule has 0 bridgehead atoms. The molecule has 37 heavy (non-hydrogen) atoms. The van der Waals surface area contributed by atoms with E-state index < -0.39 is 47.9 Å². The number of carbonyl (C=O) groups is 1. The van der Waals surface area contributed by atoms with E-state index in [1.165, 1.54) is 30.5 Å². The number of ether oxygens (including phenoxy) is 1. The lowest BCUT2D eigenvalue weighted by molar-refractivity contribution is -0.148. The quantitative estimate of drug-likeness (QED) is 0.427. The molecule has 14 heteroatoms. The summed E-state index contributed by atoms with van der Waals surface area (Å²) >= 11 is 0.